The van der Waals surface area contributed by atoms with Gasteiger partial charge in [-0.2, -0.15) is 0 Å². The van der Waals surface area contributed by atoms with Gasteiger partial charge in [0.25, 0.3) is 0 Å². The van der Waals surface area contributed by atoms with Gasteiger partial charge in [-0.15, -0.1) is 0 Å². The van der Waals surface area contributed by atoms with Crippen molar-refractivity contribution < 1.29 is 9.21 Å². The van der Waals surface area contributed by atoms with Crippen LogP contribution in [0.4, 0.5) is 0 Å². The third kappa shape index (κ3) is 2.65. The Labute approximate surface area is 96.4 Å². The normalized spacial score (nSPS) is 21.1. The van der Waals surface area contributed by atoms with Crippen molar-refractivity contribution in [3.05, 3.63) is 24.2 Å². The highest BCUT2D eigenvalue weighted by Gasteiger charge is 2.22. The average Bonchev–Trinajstić information content (AvgIpc) is 2.79. The standard InChI is InChI=1S/C13H19NO2/c1-11-5-2-3-9-14(11)13(15)8-7-12-6-4-10-16-12/h4,6,10-11H,2-3,5,7-9H2,1H3/t11-/m0/s1. The van der Waals surface area contributed by atoms with E-state index in [9.17, 15) is 4.79 Å². The van der Waals surface area contributed by atoms with Gasteiger partial charge in [0.1, 0.15) is 5.76 Å². The molecule has 0 aliphatic carbocycles. The van der Waals surface area contributed by atoms with Gasteiger partial charge in [0, 0.05) is 25.4 Å². The van der Waals surface area contributed by atoms with Gasteiger partial charge in [-0.3, -0.25) is 4.79 Å². The Morgan fingerprint density at radius 1 is 1.56 bits per heavy atom. The fourth-order valence-electron chi connectivity index (χ4n) is 2.30. The molecule has 1 amide bonds. The van der Waals surface area contributed by atoms with Crippen LogP contribution < -0.4 is 0 Å². The smallest absolute Gasteiger partial charge is 0.223 e. The molecule has 0 aromatic carbocycles. The molecule has 0 N–H and O–H groups in total. The van der Waals surface area contributed by atoms with E-state index in [1.54, 1.807) is 6.26 Å². The van der Waals surface area contributed by atoms with Crippen molar-refractivity contribution >= 4 is 5.91 Å². The summed E-state index contributed by atoms with van der Waals surface area (Å²) < 4.78 is 5.23. The molecule has 0 bridgehead atoms. The number of hydrogen-bond acceptors (Lipinski definition) is 2. The molecule has 0 spiro atoms. The summed E-state index contributed by atoms with van der Waals surface area (Å²) in [4.78, 5) is 14.0. The van der Waals surface area contributed by atoms with Gasteiger partial charge in [0.05, 0.1) is 6.26 Å². The summed E-state index contributed by atoms with van der Waals surface area (Å²) in [5.41, 5.74) is 0. The van der Waals surface area contributed by atoms with E-state index in [4.69, 9.17) is 4.42 Å². The van der Waals surface area contributed by atoms with Crippen LogP contribution >= 0.6 is 0 Å². The Hall–Kier alpha value is -1.25. The van der Waals surface area contributed by atoms with E-state index in [-0.39, 0.29) is 5.91 Å². The lowest BCUT2D eigenvalue weighted by Gasteiger charge is -2.33. The summed E-state index contributed by atoms with van der Waals surface area (Å²) in [7, 11) is 0. The summed E-state index contributed by atoms with van der Waals surface area (Å²) in [6.45, 7) is 3.07. The number of amides is 1. The largest absolute Gasteiger partial charge is 0.469 e. The van der Waals surface area contributed by atoms with Gasteiger partial charge in [-0.25, -0.2) is 0 Å². The molecule has 3 nitrogen and oxygen atoms in total. The first kappa shape index (κ1) is 11.2. The second-order valence-corrected chi connectivity index (χ2v) is 4.51. The van der Waals surface area contributed by atoms with Crippen molar-refractivity contribution in [2.45, 2.75) is 45.1 Å². The van der Waals surface area contributed by atoms with Gasteiger partial charge in [-0.05, 0) is 38.3 Å². The second-order valence-electron chi connectivity index (χ2n) is 4.51. The molecule has 16 heavy (non-hydrogen) atoms. The molecule has 1 saturated heterocycles. The lowest BCUT2D eigenvalue weighted by atomic mass is 10.0. The third-order valence-corrected chi connectivity index (χ3v) is 3.29. The van der Waals surface area contributed by atoms with Crippen LogP contribution in [0.15, 0.2) is 22.8 Å². The topological polar surface area (TPSA) is 33.5 Å². The first-order valence-electron chi connectivity index (χ1n) is 6.09. The number of piperidine rings is 1. The number of likely N-dealkylation sites (tertiary alicyclic amines) is 1. The number of carbonyl (C=O) groups excluding carboxylic acids is 1. The zero-order valence-electron chi connectivity index (χ0n) is 9.82. The zero-order chi connectivity index (χ0) is 11.4. The molecule has 2 heterocycles. The Bertz CT molecular complexity index is 332. The van der Waals surface area contributed by atoms with Crippen molar-refractivity contribution in [3.8, 4) is 0 Å². The first-order valence-corrected chi connectivity index (χ1v) is 6.09. The SMILES string of the molecule is C[C@H]1CCCCN1C(=O)CCc1ccco1. The number of aryl methyl sites for hydroxylation is 1. The third-order valence-electron chi connectivity index (χ3n) is 3.29. The zero-order valence-corrected chi connectivity index (χ0v) is 9.82. The molecule has 0 saturated carbocycles. The lowest BCUT2D eigenvalue weighted by Crippen LogP contribution is -2.42. The predicted octanol–water partition coefficient (Wildman–Crippen LogP) is 2.61. The molecule has 2 rings (SSSR count). The van der Waals surface area contributed by atoms with E-state index in [0.717, 1.165) is 31.6 Å². The first-order chi connectivity index (χ1) is 7.77. The van der Waals surface area contributed by atoms with Crippen LogP contribution in [0.1, 0.15) is 38.4 Å². The fraction of sp³-hybridized carbons (Fsp3) is 0.615. The van der Waals surface area contributed by atoms with Crippen LogP contribution in [-0.2, 0) is 11.2 Å². The van der Waals surface area contributed by atoms with Crippen molar-refractivity contribution in [2.75, 3.05) is 6.54 Å². The van der Waals surface area contributed by atoms with Crippen molar-refractivity contribution in [2.24, 2.45) is 0 Å². The van der Waals surface area contributed by atoms with E-state index >= 15 is 0 Å². The number of nitrogens with zero attached hydrogens (tertiary/aromatic N) is 1. The summed E-state index contributed by atoms with van der Waals surface area (Å²) in [5, 5.41) is 0. The number of rotatable bonds is 3. The minimum absolute atomic E-state index is 0.267. The fourth-order valence-corrected chi connectivity index (χ4v) is 2.30. The van der Waals surface area contributed by atoms with Crippen LogP contribution in [0.2, 0.25) is 0 Å². The molecular formula is C13H19NO2. The molecule has 88 valence electrons. The van der Waals surface area contributed by atoms with Crippen molar-refractivity contribution in [1.82, 2.24) is 4.90 Å². The Kier molecular flexibility index (Phi) is 3.65. The molecule has 1 fully saturated rings. The highest BCUT2D eigenvalue weighted by molar-refractivity contribution is 5.76. The number of hydrogen-bond donors (Lipinski definition) is 0. The van der Waals surface area contributed by atoms with Crippen LogP contribution in [0, 0.1) is 0 Å². The van der Waals surface area contributed by atoms with Gasteiger partial charge < -0.3 is 9.32 Å². The quantitative estimate of drug-likeness (QED) is 0.786. The van der Waals surface area contributed by atoms with Crippen molar-refractivity contribution in [1.29, 1.82) is 0 Å². The summed E-state index contributed by atoms with van der Waals surface area (Å²) in [5.74, 6) is 1.17. The minimum Gasteiger partial charge on any atom is -0.469 e. The summed E-state index contributed by atoms with van der Waals surface area (Å²) in [6.07, 6.45) is 6.49. The highest BCUT2D eigenvalue weighted by atomic mass is 16.3. The Morgan fingerprint density at radius 3 is 3.12 bits per heavy atom. The lowest BCUT2D eigenvalue weighted by molar-refractivity contribution is -0.134. The van der Waals surface area contributed by atoms with Gasteiger partial charge in [0.15, 0.2) is 0 Å². The summed E-state index contributed by atoms with van der Waals surface area (Å²) >= 11 is 0. The van der Waals surface area contributed by atoms with Gasteiger partial charge in [0.2, 0.25) is 5.91 Å². The Morgan fingerprint density at radius 2 is 2.44 bits per heavy atom. The maximum atomic E-state index is 12.0. The van der Waals surface area contributed by atoms with Gasteiger partial charge >= 0.3 is 0 Å². The van der Waals surface area contributed by atoms with Crippen LogP contribution in [-0.4, -0.2) is 23.4 Å². The van der Waals surface area contributed by atoms with E-state index in [1.165, 1.54) is 6.42 Å². The molecule has 0 unspecified atom stereocenters. The molecular weight excluding hydrogens is 202 g/mol. The minimum atomic E-state index is 0.267. The molecule has 1 aromatic rings. The monoisotopic (exact) mass is 221 g/mol. The second kappa shape index (κ2) is 5.19. The van der Waals surface area contributed by atoms with Gasteiger partial charge in [-0.1, -0.05) is 0 Å². The van der Waals surface area contributed by atoms with E-state index < -0.39 is 0 Å². The molecule has 1 atom stereocenters. The van der Waals surface area contributed by atoms with E-state index in [0.29, 0.717) is 12.5 Å². The van der Waals surface area contributed by atoms with Crippen LogP contribution in [0.5, 0.6) is 0 Å². The van der Waals surface area contributed by atoms with Crippen LogP contribution in [0.3, 0.4) is 0 Å². The molecule has 1 aromatic heterocycles. The van der Waals surface area contributed by atoms with E-state index in [2.05, 4.69) is 6.92 Å². The van der Waals surface area contributed by atoms with E-state index in [1.807, 2.05) is 17.0 Å². The van der Waals surface area contributed by atoms with Crippen molar-refractivity contribution in [3.63, 3.8) is 0 Å². The molecule has 1 aliphatic heterocycles. The predicted molar refractivity (Wildman–Crippen MR) is 62.1 cm³/mol. The molecule has 3 heteroatoms. The molecule has 1 aliphatic rings. The number of carbonyl (C=O) groups is 1. The Balaban J connectivity index is 1.83. The summed E-state index contributed by atoms with van der Waals surface area (Å²) in [6, 6.07) is 4.20. The van der Waals surface area contributed by atoms with Crippen LogP contribution in [0.25, 0.3) is 0 Å². The molecule has 0 radical (unpaired) electrons. The maximum absolute atomic E-state index is 12.0. The maximum Gasteiger partial charge on any atom is 0.223 e. The number of furan rings is 1. The highest BCUT2D eigenvalue weighted by Crippen LogP contribution is 2.18. The average molecular weight is 221 g/mol.